The van der Waals surface area contributed by atoms with Crippen molar-refractivity contribution in [3.63, 3.8) is 0 Å². The predicted molar refractivity (Wildman–Crippen MR) is 198 cm³/mol. The largest absolute Gasteiger partial charge is 0.346 e. The van der Waals surface area contributed by atoms with Gasteiger partial charge in [-0.05, 0) is 67.2 Å². The zero-order valence-corrected chi connectivity index (χ0v) is 32.8. The third-order valence-electron chi connectivity index (χ3n) is 8.70. The van der Waals surface area contributed by atoms with Crippen molar-refractivity contribution in [3.8, 4) is 6.07 Å². The van der Waals surface area contributed by atoms with E-state index in [0.29, 0.717) is 12.8 Å². The van der Waals surface area contributed by atoms with Gasteiger partial charge in [0.05, 0.1) is 31.9 Å². The Morgan fingerprint density at radius 1 is 1.00 bits per heavy atom. The number of unbranched alkanes of at least 4 members (excludes halogenated alkanes) is 2. The third-order valence-corrected chi connectivity index (χ3v) is 10.8. The van der Waals surface area contributed by atoms with Crippen LogP contribution in [0.3, 0.4) is 0 Å². The minimum Gasteiger partial charge on any atom is -0.346 e. The van der Waals surface area contributed by atoms with E-state index in [4.69, 9.17) is 28.5 Å². The molecule has 13 heteroatoms. The fraction of sp³-hybridized carbons (Fsp3) is 0.711. The minimum atomic E-state index is -1.58. The van der Waals surface area contributed by atoms with Crippen molar-refractivity contribution >= 4 is 8.53 Å². The zero-order chi connectivity index (χ0) is 37.6. The van der Waals surface area contributed by atoms with Crippen LogP contribution < -0.4 is 11.2 Å². The summed E-state index contributed by atoms with van der Waals surface area (Å²) in [6.07, 6.45) is 14.5. The van der Waals surface area contributed by atoms with E-state index in [-0.39, 0.29) is 38.3 Å². The second-order valence-electron chi connectivity index (χ2n) is 13.9. The number of nitrogens with zero attached hydrogens (tertiary/aromatic N) is 4. The summed E-state index contributed by atoms with van der Waals surface area (Å²) < 4.78 is 51.6. The Balaban J connectivity index is 1.86. The third kappa shape index (κ3) is 12.0. The van der Waals surface area contributed by atoms with E-state index in [9.17, 15) is 9.59 Å². The maximum absolute atomic E-state index is 15.3. The first-order valence-electron chi connectivity index (χ1n) is 18.6. The maximum atomic E-state index is 15.3. The highest BCUT2D eigenvalue weighted by Crippen LogP contribution is 2.50. The molecule has 3 rings (SSSR count). The van der Waals surface area contributed by atoms with Gasteiger partial charge in [0, 0.05) is 31.5 Å². The van der Waals surface area contributed by atoms with Gasteiger partial charge >= 0.3 is 5.69 Å². The van der Waals surface area contributed by atoms with Crippen molar-refractivity contribution in [1.82, 2.24) is 13.8 Å². The van der Waals surface area contributed by atoms with Crippen LogP contribution in [0.4, 0.5) is 4.39 Å². The van der Waals surface area contributed by atoms with Gasteiger partial charge in [-0.15, -0.1) is 0 Å². The smallest absolute Gasteiger partial charge is 0.333 e. The molecule has 0 aliphatic carbocycles. The van der Waals surface area contributed by atoms with Crippen LogP contribution in [-0.2, 0) is 29.8 Å². The number of hydrogen-bond acceptors (Lipinski definition) is 9. The summed E-state index contributed by atoms with van der Waals surface area (Å²) in [6.45, 7) is 16.7. The number of rotatable bonds is 22. The lowest BCUT2D eigenvalue weighted by Crippen LogP contribution is -2.44. The number of hydrogen-bond donors (Lipinski definition) is 0. The lowest BCUT2D eigenvalue weighted by atomic mass is 10.1. The molecule has 5 unspecified atom stereocenters. The van der Waals surface area contributed by atoms with Gasteiger partial charge in [-0.25, -0.2) is 9.46 Å². The lowest BCUT2D eigenvalue weighted by molar-refractivity contribution is -0.226. The molecule has 5 atom stereocenters. The first-order valence-corrected chi connectivity index (χ1v) is 19.7. The Morgan fingerprint density at radius 2 is 1.61 bits per heavy atom. The second kappa shape index (κ2) is 21.3. The summed E-state index contributed by atoms with van der Waals surface area (Å²) in [6, 6.07) is 2.31. The van der Waals surface area contributed by atoms with E-state index in [1.54, 1.807) is 6.08 Å². The van der Waals surface area contributed by atoms with Gasteiger partial charge in [-0.3, -0.25) is 13.9 Å². The van der Waals surface area contributed by atoms with E-state index in [0.717, 1.165) is 53.9 Å². The summed E-state index contributed by atoms with van der Waals surface area (Å²) in [5.74, 6) is -1.96. The van der Waals surface area contributed by atoms with Gasteiger partial charge in [-0.1, -0.05) is 62.6 Å². The Morgan fingerprint density at radius 3 is 2.20 bits per heavy atom. The molecule has 0 bridgehead atoms. The van der Waals surface area contributed by atoms with Gasteiger partial charge in [0.2, 0.25) is 5.82 Å². The molecule has 2 aliphatic heterocycles. The zero-order valence-electron chi connectivity index (χ0n) is 31.9. The van der Waals surface area contributed by atoms with Gasteiger partial charge in [-0.2, -0.15) is 9.65 Å². The van der Waals surface area contributed by atoms with E-state index in [1.807, 2.05) is 6.08 Å². The Hall–Kier alpha value is -2.49. The standard InChI is InChI=1S/C38H60FN4O7P/c1-9-21-38(22-10-2)49-33-32(27-47-51(46-25-19-23-40)43(29(5)6)30(7)8)48-36(34(33)50-38)42-26-31(39)35(44)41(37(42)45)24-18-16-14-12-11-13-15-17-20-28(3)4/h11,13,16,18,20,26,29-30,32-34,36H,9-10,12,14-15,17,19,21-22,24-25,27H2,1-8H3. The highest BCUT2D eigenvalue weighted by Gasteiger charge is 2.58. The van der Waals surface area contributed by atoms with Gasteiger partial charge in [0.1, 0.15) is 18.3 Å². The minimum absolute atomic E-state index is 0.0482. The number of allylic oxidation sites excluding steroid dienone is 6. The molecule has 1 aromatic rings. The fourth-order valence-electron chi connectivity index (χ4n) is 6.56. The van der Waals surface area contributed by atoms with E-state index in [1.165, 1.54) is 5.57 Å². The molecule has 2 aliphatic rings. The van der Waals surface area contributed by atoms with Crippen molar-refractivity contribution < 1.29 is 27.6 Å². The maximum Gasteiger partial charge on any atom is 0.333 e. The number of aromatic nitrogens is 2. The van der Waals surface area contributed by atoms with Crippen LogP contribution in [0.2, 0.25) is 0 Å². The summed E-state index contributed by atoms with van der Waals surface area (Å²) >= 11 is 0. The molecule has 11 nitrogen and oxygen atoms in total. The number of ether oxygens (including phenoxy) is 3. The van der Waals surface area contributed by atoms with Gasteiger partial charge in [0.25, 0.3) is 14.1 Å². The average Bonchev–Trinajstić information content (AvgIpc) is 3.59. The number of fused-ring (bicyclic) bond motifs is 1. The van der Waals surface area contributed by atoms with E-state index >= 15 is 4.39 Å². The molecular formula is C38H60FN4O7P. The summed E-state index contributed by atoms with van der Waals surface area (Å²) in [5, 5.41) is 9.11. The highest BCUT2D eigenvalue weighted by molar-refractivity contribution is 7.44. The van der Waals surface area contributed by atoms with Crippen molar-refractivity contribution in [3.05, 3.63) is 68.8 Å². The fourth-order valence-corrected chi connectivity index (χ4v) is 8.17. The molecule has 286 valence electrons. The molecule has 3 heterocycles. The molecule has 0 radical (unpaired) electrons. The number of nitriles is 1. The van der Waals surface area contributed by atoms with Crippen LogP contribution in [0, 0.1) is 17.1 Å². The highest BCUT2D eigenvalue weighted by atomic mass is 31.2. The van der Waals surface area contributed by atoms with E-state index in [2.05, 4.69) is 84.4 Å². The molecule has 0 saturated carbocycles. The summed E-state index contributed by atoms with van der Waals surface area (Å²) in [5.41, 5.74) is -0.387. The molecule has 2 saturated heterocycles. The molecule has 0 spiro atoms. The van der Waals surface area contributed by atoms with Crippen molar-refractivity contribution in [2.24, 2.45) is 0 Å². The first kappa shape index (κ1) is 42.9. The number of halogens is 1. The predicted octanol–water partition coefficient (Wildman–Crippen LogP) is 8.06. The SMILES string of the molecule is CCCC1(CCC)OC2C(COP(OCCC#N)N(C(C)C)C(C)C)OC(n3cc(F)c(=O)n(CC=CCCC=CCCC=C(C)C)c3=O)C2O1. The lowest BCUT2D eigenvalue weighted by Gasteiger charge is -2.36. The van der Waals surface area contributed by atoms with Gasteiger partial charge in [0.15, 0.2) is 12.0 Å². The van der Waals surface area contributed by atoms with Crippen molar-refractivity contribution in [2.45, 2.75) is 162 Å². The molecule has 0 amide bonds. The molecule has 0 N–H and O–H groups in total. The topological polar surface area (TPSA) is 117 Å². The van der Waals surface area contributed by atoms with Crippen LogP contribution in [0.1, 0.15) is 119 Å². The molecule has 1 aromatic heterocycles. The Kier molecular flexibility index (Phi) is 17.9. The monoisotopic (exact) mass is 734 g/mol. The molecular weight excluding hydrogens is 674 g/mol. The van der Waals surface area contributed by atoms with Crippen LogP contribution in [0.15, 0.2) is 51.7 Å². The van der Waals surface area contributed by atoms with Gasteiger partial charge < -0.3 is 23.3 Å². The second-order valence-corrected chi connectivity index (χ2v) is 15.4. The normalized spacial score (nSPS) is 22.1. The van der Waals surface area contributed by atoms with Crippen LogP contribution >= 0.6 is 8.53 Å². The first-order chi connectivity index (χ1) is 24.4. The average molecular weight is 735 g/mol. The quantitative estimate of drug-likeness (QED) is 0.0663. The molecule has 51 heavy (non-hydrogen) atoms. The van der Waals surface area contributed by atoms with Crippen LogP contribution in [-0.4, -0.2) is 63.2 Å². The van der Waals surface area contributed by atoms with Crippen molar-refractivity contribution in [1.29, 1.82) is 5.26 Å². The van der Waals surface area contributed by atoms with Crippen molar-refractivity contribution in [2.75, 3.05) is 13.2 Å². The molecule has 2 fully saturated rings. The summed E-state index contributed by atoms with van der Waals surface area (Å²) in [7, 11) is -1.58. The Bertz CT molecular complexity index is 1470. The van der Waals surface area contributed by atoms with Crippen LogP contribution in [0.5, 0.6) is 0 Å². The van der Waals surface area contributed by atoms with E-state index < -0.39 is 55.9 Å². The Labute approximate surface area is 305 Å². The summed E-state index contributed by atoms with van der Waals surface area (Å²) in [4.78, 5) is 26.7. The van der Waals surface area contributed by atoms with Crippen LogP contribution in [0.25, 0.3) is 0 Å². The molecule has 0 aromatic carbocycles.